The second-order valence-corrected chi connectivity index (χ2v) is 4.91. The molecule has 0 saturated carbocycles. The SMILES string of the molecule is CC(C)CCNC(=O)c1cc(C#CCCO)ccc1F. The summed E-state index contributed by atoms with van der Waals surface area (Å²) in [5.74, 6) is 5.03. The Kier molecular flexibility index (Phi) is 6.75. The minimum Gasteiger partial charge on any atom is -0.395 e. The zero-order chi connectivity index (χ0) is 15.0. The standard InChI is InChI=1S/C16H20FNO2/c1-12(2)8-9-18-16(20)14-11-13(5-3-4-10-19)6-7-15(14)17/h6-7,11-12,19H,4,8-10H2,1-2H3,(H,18,20). The summed E-state index contributed by atoms with van der Waals surface area (Å²) < 4.78 is 13.6. The van der Waals surface area contributed by atoms with Gasteiger partial charge in [0.1, 0.15) is 5.82 Å². The number of hydrogen-bond donors (Lipinski definition) is 2. The molecule has 0 bridgehead atoms. The molecule has 0 spiro atoms. The van der Waals surface area contributed by atoms with Crippen molar-refractivity contribution in [3.63, 3.8) is 0 Å². The fourth-order valence-corrected chi connectivity index (χ4v) is 1.57. The van der Waals surface area contributed by atoms with Crippen LogP contribution in [0.3, 0.4) is 0 Å². The van der Waals surface area contributed by atoms with Crippen LogP contribution in [0.5, 0.6) is 0 Å². The topological polar surface area (TPSA) is 49.3 Å². The second-order valence-electron chi connectivity index (χ2n) is 4.91. The minimum atomic E-state index is -0.556. The molecule has 0 saturated heterocycles. The summed E-state index contributed by atoms with van der Waals surface area (Å²) >= 11 is 0. The van der Waals surface area contributed by atoms with Gasteiger partial charge in [0.2, 0.25) is 0 Å². The molecule has 0 radical (unpaired) electrons. The van der Waals surface area contributed by atoms with Crippen LogP contribution < -0.4 is 5.32 Å². The number of aliphatic hydroxyl groups is 1. The fourth-order valence-electron chi connectivity index (χ4n) is 1.57. The molecule has 0 aliphatic heterocycles. The molecular formula is C16H20FNO2. The zero-order valence-electron chi connectivity index (χ0n) is 11.9. The minimum absolute atomic E-state index is 0.00422. The van der Waals surface area contributed by atoms with E-state index in [4.69, 9.17) is 5.11 Å². The lowest BCUT2D eigenvalue weighted by Crippen LogP contribution is -2.26. The highest BCUT2D eigenvalue weighted by atomic mass is 19.1. The first kappa shape index (κ1) is 16.2. The van der Waals surface area contributed by atoms with Crippen molar-refractivity contribution in [1.29, 1.82) is 0 Å². The highest BCUT2D eigenvalue weighted by Crippen LogP contribution is 2.10. The van der Waals surface area contributed by atoms with Crippen LogP contribution in [-0.2, 0) is 0 Å². The summed E-state index contributed by atoms with van der Waals surface area (Å²) in [5.41, 5.74) is 0.568. The van der Waals surface area contributed by atoms with Gasteiger partial charge >= 0.3 is 0 Å². The second kappa shape index (κ2) is 8.34. The van der Waals surface area contributed by atoms with Gasteiger partial charge in [-0.1, -0.05) is 25.7 Å². The third kappa shape index (κ3) is 5.41. The molecule has 3 nitrogen and oxygen atoms in total. The van der Waals surface area contributed by atoms with Gasteiger partial charge in [0.25, 0.3) is 5.91 Å². The van der Waals surface area contributed by atoms with Crippen molar-refractivity contribution in [2.24, 2.45) is 5.92 Å². The van der Waals surface area contributed by atoms with E-state index in [-0.39, 0.29) is 12.2 Å². The average Bonchev–Trinajstić information content (AvgIpc) is 2.40. The van der Waals surface area contributed by atoms with Crippen molar-refractivity contribution in [2.75, 3.05) is 13.2 Å². The number of amides is 1. The molecule has 0 unspecified atom stereocenters. The van der Waals surface area contributed by atoms with Gasteiger partial charge in [-0.2, -0.15) is 0 Å². The van der Waals surface area contributed by atoms with Crippen LogP contribution >= 0.6 is 0 Å². The van der Waals surface area contributed by atoms with E-state index in [0.29, 0.717) is 24.4 Å². The van der Waals surface area contributed by atoms with E-state index in [0.717, 1.165) is 6.42 Å². The number of rotatable bonds is 5. The molecule has 1 amide bonds. The van der Waals surface area contributed by atoms with Gasteiger partial charge in [-0.25, -0.2) is 4.39 Å². The van der Waals surface area contributed by atoms with E-state index in [1.807, 2.05) is 0 Å². The molecular weight excluding hydrogens is 257 g/mol. The number of benzene rings is 1. The number of halogens is 1. The van der Waals surface area contributed by atoms with Gasteiger partial charge < -0.3 is 10.4 Å². The van der Waals surface area contributed by atoms with Crippen molar-refractivity contribution in [2.45, 2.75) is 26.7 Å². The molecule has 0 aliphatic rings. The summed E-state index contributed by atoms with van der Waals surface area (Å²) in [6.07, 6.45) is 1.21. The summed E-state index contributed by atoms with van der Waals surface area (Å²) in [6, 6.07) is 4.19. The number of carbonyl (C=O) groups is 1. The van der Waals surface area contributed by atoms with Gasteiger partial charge in [0, 0.05) is 18.5 Å². The summed E-state index contributed by atoms with van der Waals surface area (Å²) in [7, 11) is 0. The molecule has 108 valence electrons. The summed E-state index contributed by atoms with van der Waals surface area (Å²) in [5, 5.41) is 11.3. The number of nitrogens with one attached hydrogen (secondary N) is 1. The quantitative estimate of drug-likeness (QED) is 0.812. The number of aliphatic hydroxyl groups excluding tert-OH is 1. The highest BCUT2D eigenvalue weighted by molar-refractivity contribution is 5.94. The Morgan fingerprint density at radius 2 is 2.20 bits per heavy atom. The maximum absolute atomic E-state index is 13.6. The first-order valence-corrected chi connectivity index (χ1v) is 6.72. The van der Waals surface area contributed by atoms with E-state index in [1.165, 1.54) is 18.2 Å². The summed E-state index contributed by atoms with van der Waals surface area (Å²) in [6.45, 7) is 4.63. The van der Waals surface area contributed by atoms with Crippen LogP contribution in [0.15, 0.2) is 18.2 Å². The van der Waals surface area contributed by atoms with Crippen LogP contribution in [0.1, 0.15) is 42.6 Å². The Balaban J connectivity index is 2.75. The molecule has 0 aliphatic carbocycles. The fraction of sp³-hybridized carbons (Fsp3) is 0.438. The Bertz CT molecular complexity index is 515. The first-order chi connectivity index (χ1) is 9.54. The molecule has 0 heterocycles. The molecule has 0 fully saturated rings. The predicted octanol–water partition coefficient (Wildman–Crippen LogP) is 2.34. The van der Waals surface area contributed by atoms with Crippen LogP contribution in [-0.4, -0.2) is 24.2 Å². The van der Waals surface area contributed by atoms with Gasteiger partial charge in [0.15, 0.2) is 0 Å². The molecule has 4 heteroatoms. The van der Waals surface area contributed by atoms with E-state index in [2.05, 4.69) is 31.0 Å². The first-order valence-electron chi connectivity index (χ1n) is 6.72. The normalized spacial score (nSPS) is 10.1. The Labute approximate surface area is 119 Å². The van der Waals surface area contributed by atoms with E-state index in [9.17, 15) is 9.18 Å². The lowest BCUT2D eigenvalue weighted by Gasteiger charge is -2.08. The Morgan fingerprint density at radius 1 is 1.45 bits per heavy atom. The van der Waals surface area contributed by atoms with E-state index >= 15 is 0 Å². The third-order valence-corrected chi connectivity index (χ3v) is 2.69. The highest BCUT2D eigenvalue weighted by Gasteiger charge is 2.11. The Morgan fingerprint density at radius 3 is 2.85 bits per heavy atom. The van der Waals surface area contributed by atoms with E-state index in [1.54, 1.807) is 0 Å². The lowest BCUT2D eigenvalue weighted by atomic mass is 10.1. The van der Waals surface area contributed by atoms with Crippen molar-refractivity contribution < 1.29 is 14.3 Å². The van der Waals surface area contributed by atoms with Crippen molar-refractivity contribution in [3.8, 4) is 11.8 Å². The van der Waals surface area contributed by atoms with Gasteiger partial charge in [-0.3, -0.25) is 4.79 Å². The van der Waals surface area contributed by atoms with Crippen molar-refractivity contribution >= 4 is 5.91 Å². The van der Waals surface area contributed by atoms with Crippen molar-refractivity contribution in [1.82, 2.24) is 5.32 Å². The van der Waals surface area contributed by atoms with Crippen molar-refractivity contribution in [3.05, 3.63) is 35.1 Å². The molecule has 1 aromatic rings. The lowest BCUT2D eigenvalue weighted by molar-refractivity contribution is 0.0948. The largest absolute Gasteiger partial charge is 0.395 e. The third-order valence-electron chi connectivity index (χ3n) is 2.69. The maximum atomic E-state index is 13.6. The molecule has 20 heavy (non-hydrogen) atoms. The maximum Gasteiger partial charge on any atom is 0.254 e. The average molecular weight is 277 g/mol. The van der Waals surface area contributed by atoms with Crippen LogP contribution in [0.25, 0.3) is 0 Å². The molecule has 1 aromatic carbocycles. The molecule has 0 atom stereocenters. The monoisotopic (exact) mass is 277 g/mol. The van der Waals surface area contributed by atoms with Crippen LogP contribution in [0.2, 0.25) is 0 Å². The predicted molar refractivity (Wildman–Crippen MR) is 76.8 cm³/mol. The summed E-state index contributed by atoms with van der Waals surface area (Å²) in [4.78, 5) is 11.9. The molecule has 1 rings (SSSR count). The Hall–Kier alpha value is -1.86. The molecule has 0 aromatic heterocycles. The van der Waals surface area contributed by atoms with E-state index < -0.39 is 11.7 Å². The number of hydrogen-bond acceptors (Lipinski definition) is 2. The van der Waals surface area contributed by atoms with Gasteiger partial charge in [-0.05, 0) is 30.5 Å². The number of carbonyl (C=O) groups excluding carboxylic acids is 1. The van der Waals surface area contributed by atoms with Crippen LogP contribution in [0, 0.1) is 23.6 Å². The smallest absolute Gasteiger partial charge is 0.254 e. The zero-order valence-corrected chi connectivity index (χ0v) is 11.9. The molecule has 2 N–H and O–H groups in total. The van der Waals surface area contributed by atoms with Gasteiger partial charge in [0.05, 0.1) is 12.2 Å². The van der Waals surface area contributed by atoms with Crippen LogP contribution in [0.4, 0.5) is 4.39 Å². The van der Waals surface area contributed by atoms with Gasteiger partial charge in [-0.15, -0.1) is 0 Å².